The number of ether oxygens (including phenoxy) is 1. The molecule has 0 fully saturated rings. The molecule has 2 N–H and O–H groups in total. The molecule has 1 atom stereocenters. The van der Waals surface area contributed by atoms with Crippen LogP contribution in [0, 0.1) is 0 Å². The Labute approximate surface area is 188 Å². The van der Waals surface area contributed by atoms with Crippen molar-refractivity contribution >= 4 is 29.4 Å². The van der Waals surface area contributed by atoms with Crippen molar-refractivity contribution in [1.82, 2.24) is 15.2 Å². The third-order valence-corrected chi connectivity index (χ3v) is 5.58. The monoisotopic (exact) mass is 444 g/mol. The Kier molecular flexibility index (Phi) is 5.17. The Bertz CT molecular complexity index is 1320. The van der Waals surface area contributed by atoms with E-state index in [1.165, 1.54) is 0 Å². The number of carbonyl (C=O) groups is 2. The maximum Gasteiger partial charge on any atom is 0.339 e. The van der Waals surface area contributed by atoms with Gasteiger partial charge in [-0.15, -0.1) is 5.10 Å². The topological polar surface area (TPSA) is 97.0 Å². The molecule has 0 saturated carbocycles. The number of halogens is 1. The largest absolute Gasteiger partial charge is 0.454 e. The van der Waals surface area contributed by atoms with Crippen LogP contribution in [0.15, 0.2) is 72.8 Å². The van der Waals surface area contributed by atoms with E-state index in [-0.39, 0.29) is 18.0 Å². The van der Waals surface area contributed by atoms with Gasteiger partial charge in [-0.2, -0.15) is 4.98 Å². The SMILES string of the molecule is O=C(Nc1n[nH]c(-c2ccccc2Cl)n1)c1ccc2c(c1)CC(c1ccccc1)OC2=O. The molecule has 2 heterocycles. The summed E-state index contributed by atoms with van der Waals surface area (Å²) in [5.41, 5.74) is 3.21. The van der Waals surface area contributed by atoms with E-state index in [1.807, 2.05) is 42.5 Å². The quantitative estimate of drug-likeness (QED) is 0.439. The average molecular weight is 445 g/mol. The van der Waals surface area contributed by atoms with Crippen LogP contribution in [0.25, 0.3) is 11.4 Å². The molecule has 1 aliphatic heterocycles. The third kappa shape index (κ3) is 3.86. The number of anilines is 1. The number of hydrogen-bond acceptors (Lipinski definition) is 5. The first-order valence-electron chi connectivity index (χ1n) is 9.96. The van der Waals surface area contributed by atoms with Crippen LogP contribution in [0.3, 0.4) is 0 Å². The van der Waals surface area contributed by atoms with Crippen molar-refractivity contribution in [1.29, 1.82) is 0 Å². The number of aromatic amines is 1. The van der Waals surface area contributed by atoms with Crippen LogP contribution in [0.4, 0.5) is 5.95 Å². The summed E-state index contributed by atoms with van der Waals surface area (Å²) in [5.74, 6) is -0.202. The maximum atomic E-state index is 12.8. The van der Waals surface area contributed by atoms with Crippen molar-refractivity contribution < 1.29 is 14.3 Å². The first kappa shape index (κ1) is 20.0. The van der Waals surface area contributed by atoms with E-state index in [0.717, 1.165) is 11.1 Å². The van der Waals surface area contributed by atoms with Gasteiger partial charge in [0.1, 0.15) is 6.10 Å². The molecule has 0 radical (unpaired) electrons. The van der Waals surface area contributed by atoms with Crippen LogP contribution in [0.1, 0.15) is 37.9 Å². The number of fused-ring (bicyclic) bond motifs is 1. The lowest BCUT2D eigenvalue weighted by Crippen LogP contribution is -2.23. The molecule has 8 heteroatoms. The van der Waals surface area contributed by atoms with Crippen molar-refractivity contribution in [2.75, 3.05) is 5.32 Å². The fraction of sp³-hybridized carbons (Fsp3) is 0.0833. The molecule has 0 saturated heterocycles. The fourth-order valence-electron chi connectivity index (χ4n) is 3.66. The normalized spacial score (nSPS) is 15.0. The maximum absolute atomic E-state index is 12.8. The number of nitrogens with one attached hydrogen (secondary N) is 2. The van der Waals surface area contributed by atoms with Gasteiger partial charge in [0.2, 0.25) is 5.95 Å². The van der Waals surface area contributed by atoms with Gasteiger partial charge in [-0.25, -0.2) is 4.79 Å². The molecule has 5 rings (SSSR count). The van der Waals surface area contributed by atoms with Gasteiger partial charge in [-0.05, 0) is 41.5 Å². The van der Waals surface area contributed by atoms with Gasteiger partial charge in [0.15, 0.2) is 5.82 Å². The van der Waals surface area contributed by atoms with Crippen molar-refractivity contribution in [2.24, 2.45) is 0 Å². The molecular formula is C24H17ClN4O3. The third-order valence-electron chi connectivity index (χ3n) is 5.25. The second-order valence-electron chi connectivity index (χ2n) is 7.32. The molecule has 4 aromatic rings. The minimum Gasteiger partial charge on any atom is -0.454 e. The van der Waals surface area contributed by atoms with Crippen molar-refractivity contribution in [3.05, 3.63) is 100 Å². The number of H-pyrrole nitrogens is 1. The summed E-state index contributed by atoms with van der Waals surface area (Å²) in [4.78, 5) is 29.5. The van der Waals surface area contributed by atoms with E-state index < -0.39 is 5.97 Å². The molecule has 32 heavy (non-hydrogen) atoms. The van der Waals surface area contributed by atoms with Crippen LogP contribution < -0.4 is 5.32 Å². The number of carbonyl (C=O) groups excluding carboxylic acids is 2. The highest BCUT2D eigenvalue weighted by Crippen LogP contribution is 2.31. The molecule has 1 aliphatic rings. The number of aromatic nitrogens is 3. The highest BCUT2D eigenvalue weighted by atomic mass is 35.5. The molecule has 3 aromatic carbocycles. The summed E-state index contributed by atoms with van der Waals surface area (Å²) in [7, 11) is 0. The fourth-order valence-corrected chi connectivity index (χ4v) is 3.88. The molecule has 1 aromatic heterocycles. The van der Waals surface area contributed by atoms with Gasteiger partial charge in [-0.1, -0.05) is 54.1 Å². The summed E-state index contributed by atoms with van der Waals surface area (Å²) in [6.45, 7) is 0. The van der Waals surface area contributed by atoms with E-state index in [0.29, 0.717) is 34.0 Å². The molecule has 1 amide bonds. The van der Waals surface area contributed by atoms with Crippen molar-refractivity contribution in [3.8, 4) is 11.4 Å². The number of amides is 1. The Morgan fingerprint density at radius 2 is 1.81 bits per heavy atom. The first-order valence-corrected chi connectivity index (χ1v) is 10.3. The van der Waals surface area contributed by atoms with Gasteiger partial charge < -0.3 is 4.74 Å². The molecule has 0 spiro atoms. The van der Waals surface area contributed by atoms with E-state index in [9.17, 15) is 9.59 Å². The lowest BCUT2D eigenvalue weighted by molar-refractivity contribution is 0.0252. The number of esters is 1. The number of benzene rings is 3. The molecule has 7 nitrogen and oxygen atoms in total. The summed E-state index contributed by atoms with van der Waals surface area (Å²) >= 11 is 6.19. The van der Waals surface area contributed by atoms with Crippen LogP contribution in [0.5, 0.6) is 0 Å². The number of nitrogens with zero attached hydrogens (tertiary/aromatic N) is 2. The van der Waals surface area contributed by atoms with Crippen molar-refractivity contribution in [3.63, 3.8) is 0 Å². The van der Waals surface area contributed by atoms with E-state index >= 15 is 0 Å². The minimum atomic E-state index is -0.398. The second-order valence-corrected chi connectivity index (χ2v) is 7.73. The Balaban J connectivity index is 1.36. The number of rotatable bonds is 4. The van der Waals surface area contributed by atoms with Crippen LogP contribution >= 0.6 is 11.6 Å². The molecule has 0 bridgehead atoms. The average Bonchev–Trinajstić information content (AvgIpc) is 3.27. The lowest BCUT2D eigenvalue weighted by atomic mass is 9.93. The first-order chi connectivity index (χ1) is 15.6. The molecule has 1 unspecified atom stereocenters. The standard InChI is InChI=1S/C24H17ClN4O3/c25-19-9-5-4-8-18(19)21-26-24(29-28-21)27-22(30)15-10-11-17-16(12-15)13-20(32-23(17)31)14-6-2-1-3-7-14/h1-12,20H,13H2,(H2,26,27,28,29,30). The molecule has 158 valence electrons. The van der Waals surface area contributed by atoms with Gasteiger partial charge in [0, 0.05) is 17.5 Å². The van der Waals surface area contributed by atoms with Crippen LogP contribution in [-0.2, 0) is 11.2 Å². The smallest absolute Gasteiger partial charge is 0.339 e. The Morgan fingerprint density at radius 1 is 1.03 bits per heavy atom. The Hall–Kier alpha value is -3.97. The van der Waals surface area contributed by atoms with Crippen LogP contribution in [0.2, 0.25) is 5.02 Å². The predicted octanol–water partition coefficient (Wildman–Crippen LogP) is 4.83. The zero-order chi connectivity index (χ0) is 22.1. The van der Waals surface area contributed by atoms with Gasteiger partial charge in [-0.3, -0.25) is 15.2 Å². The Morgan fingerprint density at radius 3 is 2.62 bits per heavy atom. The summed E-state index contributed by atoms with van der Waals surface area (Å²) in [5, 5.41) is 10.0. The van der Waals surface area contributed by atoms with Crippen LogP contribution in [-0.4, -0.2) is 27.1 Å². The second kappa shape index (κ2) is 8.28. The number of hydrogen-bond donors (Lipinski definition) is 2. The van der Waals surface area contributed by atoms with E-state index in [4.69, 9.17) is 16.3 Å². The van der Waals surface area contributed by atoms with Gasteiger partial charge in [0.25, 0.3) is 5.91 Å². The van der Waals surface area contributed by atoms with Crippen molar-refractivity contribution in [2.45, 2.75) is 12.5 Å². The summed E-state index contributed by atoms with van der Waals surface area (Å²) in [6, 6.07) is 21.7. The molecule has 0 aliphatic carbocycles. The van der Waals surface area contributed by atoms with E-state index in [2.05, 4.69) is 20.5 Å². The van der Waals surface area contributed by atoms with Gasteiger partial charge in [0.05, 0.1) is 10.6 Å². The zero-order valence-corrected chi connectivity index (χ0v) is 17.5. The number of cyclic esters (lactones) is 1. The highest BCUT2D eigenvalue weighted by molar-refractivity contribution is 6.33. The highest BCUT2D eigenvalue weighted by Gasteiger charge is 2.28. The summed E-state index contributed by atoms with van der Waals surface area (Å²) < 4.78 is 5.57. The van der Waals surface area contributed by atoms with E-state index in [1.54, 1.807) is 30.3 Å². The predicted molar refractivity (Wildman–Crippen MR) is 120 cm³/mol. The lowest BCUT2D eigenvalue weighted by Gasteiger charge is -2.25. The minimum absolute atomic E-state index is 0.129. The molecular weight excluding hydrogens is 428 g/mol. The van der Waals surface area contributed by atoms with Gasteiger partial charge >= 0.3 is 5.97 Å². The summed E-state index contributed by atoms with van der Waals surface area (Å²) in [6.07, 6.45) is 0.101. The zero-order valence-electron chi connectivity index (χ0n) is 16.7.